The van der Waals surface area contributed by atoms with Gasteiger partial charge in [-0.3, -0.25) is 0 Å². The molecular weight excluding hydrogens is 148 g/mol. The average molecular weight is 158 g/mol. The van der Waals surface area contributed by atoms with Gasteiger partial charge in [0.25, 0.3) is 0 Å². The number of aliphatic hydroxyl groups is 1. The molecule has 4 nitrogen and oxygen atoms in total. The van der Waals surface area contributed by atoms with Crippen LogP contribution in [0.5, 0.6) is 0 Å². The topological polar surface area (TPSA) is 55.8 Å². The molecule has 0 aromatic heterocycles. The quantitative estimate of drug-likeness (QED) is 0.481. The van der Waals surface area contributed by atoms with E-state index < -0.39 is 17.7 Å². The van der Waals surface area contributed by atoms with Crippen LogP contribution in [0.15, 0.2) is 0 Å². The summed E-state index contributed by atoms with van der Waals surface area (Å²) in [6, 6.07) is 0. The summed E-state index contributed by atoms with van der Waals surface area (Å²) in [6.45, 7) is 2.27. The number of hydrogen-bond donors (Lipinski definition) is 1. The number of carbonyl (C=O) groups excluding carboxylic acids is 1. The Morgan fingerprint density at radius 3 is 3.09 bits per heavy atom. The van der Waals surface area contributed by atoms with Crippen molar-refractivity contribution in [2.75, 3.05) is 6.61 Å². The molecule has 62 valence electrons. The van der Waals surface area contributed by atoms with Crippen molar-refractivity contribution in [2.45, 2.75) is 31.2 Å². The van der Waals surface area contributed by atoms with Crippen molar-refractivity contribution >= 4 is 5.97 Å². The number of esters is 1. The maximum Gasteiger partial charge on any atom is 0.338 e. The molecule has 0 spiro atoms. The van der Waals surface area contributed by atoms with Crippen molar-refractivity contribution in [2.24, 2.45) is 0 Å². The van der Waals surface area contributed by atoms with Crippen molar-refractivity contribution in [3.63, 3.8) is 0 Å². The molecule has 11 heavy (non-hydrogen) atoms. The van der Waals surface area contributed by atoms with Gasteiger partial charge in [0.1, 0.15) is 11.7 Å². The lowest BCUT2D eigenvalue weighted by Gasteiger charge is -2.21. The fourth-order valence-corrected chi connectivity index (χ4v) is 1.64. The second kappa shape index (κ2) is 1.95. The van der Waals surface area contributed by atoms with E-state index in [0.29, 0.717) is 13.0 Å². The van der Waals surface area contributed by atoms with Crippen LogP contribution in [0.3, 0.4) is 0 Å². The molecule has 2 aliphatic rings. The maximum absolute atomic E-state index is 10.8. The van der Waals surface area contributed by atoms with Gasteiger partial charge in [-0.05, 0) is 6.92 Å². The molecule has 0 bridgehead atoms. The van der Waals surface area contributed by atoms with E-state index in [4.69, 9.17) is 9.47 Å². The van der Waals surface area contributed by atoms with Gasteiger partial charge in [0, 0.05) is 6.42 Å². The molecule has 4 heteroatoms. The molecule has 0 saturated carbocycles. The van der Waals surface area contributed by atoms with E-state index in [2.05, 4.69) is 0 Å². The van der Waals surface area contributed by atoms with Gasteiger partial charge in [-0.1, -0.05) is 0 Å². The largest absolute Gasteiger partial charge is 0.457 e. The van der Waals surface area contributed by atoms with E-state index in [1.54, 1.807) is 6.92 Å². The van der Waals surface area contributed by atoms with Gasteiger partial charge in [-0.15, -0.1) is 0 Å². The maximum atomic E-state index is 10.8. The first kappa shape index (κ1) is 7.06. The molecule has 2 fully saturated rings. The summed E-state index contributed by atoms with van der Waals surface area (Å²) in [5.74, 6) is -0.558. The van der Waals surface area contributed by atoms with Crippen LogP contribution in [-0.2, 0) is 14.3 Å². The Balaban J connectivity index is 2.30. The molecule has 2 aliphatic heterocycles. The molecule has 0 radical (unpaired) electrons. The highest BCUT2D eigenvalue weighted by Gasteiger charge is 2.57. The van der Waals surface area contributed by atoms with Crippen LogP contribution >= 0.6 is 0 Å². The van der Waals surface area contributed by atoms with Crippen LogP contribution in [0.25, 0.3) is 0 Å². The number of rotatable bonds is 0. The Kier molecular flexibility index (Phi) is 1.25. The van der Waals surface area contributed by atoms with Crippen molar-refractivity contribution < 1.29 is 19.4 Å². The standard InChI is InChI=1S/C7H10O4/c1-7-4(2-3-10-7)11-6(9)5(7)8/h4-5,8H,2-3H2,1H3/t4?,5-,7+/m1/s1. The second-order valence-electron chi connectivity index (χ2n) is 3.15. The van der Waals surface area contributed by atoms with Gasteiger partial charge in [0.2, 0.25) is 0 Å². The molecule has 2 rings (SSSR count). The smallest absolute Gasteiger partial charge is 0.338 e. The number of aliphatic hydroxyl groups excluding tert-OH is 1. The molecule has 3 atom stereocenters. The Labute approximate surface area is 64.1 Å². The Morgan fingerprint density at radius 1 is 1.73 bits per heavy atom. The summed E-state index contributed by atoms with van der Waals surface area (Å²) in [5, 5.41) is 9.33. The van der Waals surface area contributed by atoms with E-state index in [1.807, 2.05) is 0 Å². The first-order valence-electron chi connectivity index (χ1n) is 3.67. The molecule has 1 unspecified atom stereocenters. The van der Waals surface area contributed by atoms with Crippen molar-refractivity contribution in [3.8, 4) is 0 Å². The molecule has 0 aromatic carbocycles. The molecular formula is C7H10O4. The zero-order chi connectivity index (χ0) is 8.06. The van der Waals surface area contributed by atoms with Gasteiger partial charge >= 0.3 is 5.97 Å². The summed E-state index contributed by atoms with van der Waals surface area (Å²) < 4.78 is 10.1. The van der Waals surface area contributed by atoms with Crippen molar-refractivity contribution in [1.82, 2.24) is 0 Å². The van der Waals surface area contributed by atoms with Crippen LogP contribution in [-0.4, -0.2) is 35.5 Å². The minimum atomic E-state index is -1.10. The highest BCUT2D eigenvalue weighted by Crippen LogP contribution is 2.37. The fraction of sp³-hybridized carbons (Fsp3) is 0.857. The fourth-order valence-electron chi connectivity index (χ4n) is 1.64. The minimum absolute atomic E-state index is 0.245. The van der Waals surface area contributed by atoms with Crippen LogP contribution in [0.4, 0.5) is 0 Å². The van der Waals surface area contributed by atoms with Gasteiger partial charge in [0.15, 0.2) is 6.10 Å². The van der Waals surface area contributed by atoms with Gasteiger partial charge in [-0.2, -0.15) is 0 Å². The van der Waals surface area contributed by atoms with Gasteiger partial charge in [0.05, 0.1) is 6.61 Å². The van der Waals surface area contributed by atoms with Crippen molar-refractivity contribution in [3.05, 3.63) is 0 Å². The summed E-state index contributed by atoms with van der Waals surface area (Å²) in [6.07, 6.45) is -0.653. The van der Waals surface area contributed by atoms with E-state index in [0.717, 1.165) is 0 Å². The summed E-state index contributed by atoms with van der Waals surface area (Å²) in [7, 11) is 0. The average Bonchev–Trinajstić information content (AvgIpc) is 2.39. The zero-order valence-corrected chi connectivity index (χ0v) is 6.24. The predicted molar refractivity (Wildman–Crippen MR) is 34.9 cm³/mol. The minimum Gasteiger partial charge on any atom is -0.457 e. The molecule has 2 heterocycles. The van der Waals surface area contributed by atoms with Gasteiger partial charge in [-0.25, -0.2) is 4.79 Å². The van der Waals surface area contributed by atoms with Gasteiger partial charge < -0.3 is 14.6 Å². The Bertz CT molecular complexity index is 203. The van der Waals surface area contributed by atoms with Crippen LogP contribution < -0.4 is 0 Å². The Morgan fingerprint density at radius 2 is 2.45 bits per heavy atom. The van der Waals surface area contributed by atoms with E-state index >= 15 is 0 Å². The zero-order valence-electron chi connectivity index (χ0n) is 6.24. The lowest BCUT2D eigenvalue weighted by atomic mass is 9.96. The van der Waals surface area contributed by atoms with E-state index in [1.165, 1.54) is 0 Å². The second-order valence-corrected chi connectivity index (χ2v) is 3.15. The summed E-state index contributed by atoms with van der Waals surface area (Å²) in [4.78, 5) is 10.8. The lowest BCUT2D eigenvalue weighted by Crippen LogP contribution is -2.42. The monoisotopic (exact) mass is 158 g/mol. The first-order chi connectivity index (χ1) is 5.14. The molecule has 1 N–H and O–H groups in total. The van der Waals surface area contributed by atoms with Crippen LogP contribution in [0.1, 0.15) is 13.3 Å². The SMILES string of the molecule is C[C@]12OCCC1OC(=O)[C@H]2O. The number of hydrogen-bond acceptors (Lipinski definition) is 4. The van der Waals surface area contributed by atoms with E-state index in [-0.39, 0.29) is 6.10 Å². The van der Waals surface area contributed by atoms with E-state index in [9.17, 15) is 9.90 Å². The highest BCUT2D eigenvalue weighted by molar-refractivity contribution is 5.79. The van der Waals surface area contributed by atoms with Crippen LogP contribution in [0, 0.1) is 0 Å². The first-order valence-corrected chi connectivity index (χ1v) is 3.67. The third-order valence-electron chi connectivity index (χ3n) is 2.46. The third-order valence-corrected chi connectivity index (χ3v) is 2.46. The van der Waals surface area contributed by atoms with Crippen LogP contribution in [0.2, 0.25) is 0 Å². The normalized spacial score (nSPS) is 49.1. The molecule has 0 amide bonds. The molecule has 0 aliphatic carbocycles. The summed E-state index contributed by atoms with van der Waals surface area (Å²) in [5.41, 5.74) is -0.781. The molecule has 2 saturated heterocycles. The molecule has 0 aromatic rings. The number of carbonyl (C=O) groups is 1. The summed E-state index contributed by atoms with van der Waals surface area (Å²) >= 11 is 0. The van der Waals surface area contributed by atoms with Crippen molar-refractivity contribution in [1.29, 1.82) is 0 Å². The third kappa shape index (κ3) is 0.736. The number of fused-ring (bicyclic) bond motifs is 1. The number of ether oxygens (including phenoxy) is 2. The lowest BCUT2D eigenvalue weighted by molar-refractivity contribution is -0.149. The Hall–Kier alpha value is -0.610. The predicted octanol–water partition coefficient (Wildman–Crippen LogP) is -0.548. The highest BCUT2D eigenvalue weighted by atomic mass is 16.6.